The second kappa shape index (κ2) is 4.76. The van der Waals surface area contributed by atoms with Gasteiger partial charge in [-0.25, -0.2) is 9.59 Å². The first kappa shape index (κ1) is 13.9. The lowest BCUT2D eigenvalue weighted by Crippen LogP contribution is -2.44. The van der Waals surface area contributed by atoms with Crippen molar-refractivity contribution in [3.63, 3.8) is 0 Å². The quantitative estimate of drug-likeness (QED) is 0.879. The number of urea groups is 1. The number of hydrogen-bond donors (Lipinski definition) is 2. The summed E-state index contributed by atoms with van der Waals surface area (Å²) in [4.78, 5) is 25.2. The van der Waals surface area contributed by atoms with E-state index in [-0.39, 0.29) is 23.1 Å². The van der Waals surface area contributed by atoms with Crippen LogP contribution < -0.4 is 10.2 Å². The molecule has 0 radical (unpaired) electrons. The molecule has 1 aliphatic carbocycles. The third kappa shape index (κ3) is 2.60. The van der Waals surface area contributed by atoms with Gasteiger partial charge in [0.2, 0.25) is 0 Å². The van der Waals surface area contributed by atoms with Gasteiger partial charge in [0, 0.05) is 18.3 Å². The Morgan fingerprint density at radius 2 is 2.10 bits per heavy atom. The van der Waals surface area contributed by atoms with Crippen LogP contribution in [-0.2, 0) is 6.42 Å². The molecule has 2 N–H and O–H groups in total. The topological polar surface area (TPSA) is 69.6 Å². The summed E-state index contributed by atoms with van der Waals surface area (Å²) >= 11 is 0. The summed E-state index contributed by atoms with van der Waals surface area (Å²) in [6.45, 7) is 4.96. The van der Waals surface area contributed by atoms with E-state index < -0.39 is 5.97 Å². The van der Waals surface area contributed by atoms with Crippen molar-refractivity contribution in [3.8, 4) is 0 Å². The molecule has 1 aliphatic heterocycles. The molecule has 2 aliphatic rings. The van der Waals surface area contributed by atoms with Gasteiger partial charge in [-0.3, -0.25) is 4.90 Å². The van der Waals surface area contributed by atoms with E-state index in [1.165, 1.54) is 0 Å². The number of anilines is 1. The lowest BCUT2D eigenvalue weighted by Gasteiger charge is -2.30. The van der Waals surface area contributed by atoms with Gasteiger partial charge in [0.15, 0.2) is 0 Å². The maximum Gasteiger partial charge on any atom is 0.335 e. The summed E-state index contributed by atoms with van der Waals surface area (Å²) in [7, 11) is 0. The average molecular weight is 288 g/mol. The van der Waals surface area contributed by atoms with Gasteiger partial charge in [0.05, 0.1) is 5.56 Å². The van der Waals surface area contributed by atoms with Crippen LogP contribution in [0.15, 0.2) is 18.2 Å². The van der Waals surface area contributed by atoms with E-state index in [1.54, 1.807) is 23.1 Å². The van der Waals surface area contributed by atoms with Crippen molar-refractivity contribution in [3.05, 3.63) is 29.3 Å². The summed E-state index contributed by atoms with van der Waals surface area (Å²) in [6, 6.07) is 5.16. The molecule has 5 nitrogen and oxygen atoms in total. The molecule has 21 heavy (non-hydrogen) atoms. The fraction of sp³-hybridized carbons (Fsp3) is 0.500. The Kier molecular flexibility index (Phi) is 3.15. The van der Waals surface area contributed by atoms with Crippen molar-refractivity contribution in [2.45, 2.75) is 39.2 Å². The molecule has 2 amide bonds. The molecular formula is C16H20N2O3. The molecule has 0 aromatic heterocycles. The Bertz CT molecular complexity index is 610. The summed E-state index contributed by atoms with van der Waals surface area (Å²) in [5.74, 6) is -0.931. The van der Waals surface area contributed by atoms with Crippen LogP contribution in [0, 0.1) is 5.41 Å². The number of carboxylic acid groups (broad SMARTS) is 1. The highest BCUT2D eigenvalue weighted by Gasteiger charge is 2.47. The smallest absolute Gasteiger partial charge is 0.335 e. The third-order valence-electron chi connectivity index (χ3n) is 4.50. The number of nitrogens with zero attached hydrogens (tertiary/aromatic N) is 1. The van der Waals surface area contributed by atoms with Crippen LogP contribution in [0.25, 0.3) is 0 Å². The highest BCUT2D eigenvalue weighted by atomic mass is 16.4. The summed E-state index contributed by atoms with van der Waals surface area (Å²) < 4.78 is 0. The van der Waals surface area contributed by atoms with Gasteiger partial charge in [-0.2, -0.15) is 0 Å². The van der Waals surface area contributed by atoms with Crippen LogP contribution in [0.2, 0.25) is 0 Å². The highest BCUT2D eigenvalue weighted by molar-refractivity contribution is 5.95. The van der Waals surface area contributed by atoms with E-state index in [0.717, 1.165) is 30.5 Å². The Morgan fingerprint density at radius 1 is 1.38 bits per heavy atom. The SMILES string of the molecule is CC1(C)CC1NC(=O)N1CCCc2cc(C(=O)O)ccc21. The lowest BCUT2D eigenvalue weighted by molar-refractivity contribution is 0.0696. The molecule has 0 spiro atoms. The molecule has 1 saturated carbocycles. The van der Waals surface area contributed by atoms with Crippen molar-refractivity contribution in [1.82, 2.24) is 5.32 Å². The zero-order valence-corrected chi connectivity index (χ0v) is 12.3. The van der Waals surface area contributed by atoms with Gasteiger partial charge in [-0.15, -0.1) is 0 Å². The normalized spacial score (nSPS) is 22.4. The van der Waals surface area contributed by atoms with E-state index in [0.29, 0.717) is 6.54 Å². The van der Waals surface area contributed by atoms with E-state index in [9.17, 15) is 9.59 Å². The molecule has 3 rings (SSSR count). The predicted molar refractivity (Wildman–Crippen MR) is 79.8 cm³/mol. The molecular weight excluding hydrogens is 268 g/mol. The maximum absolute atomic E-state index is 12.4. The first-order chi connectivity index (χ1) is 9.88. The number of amides is 2. The lowest BCUT2D eigenvalue weighted by atomic mass is 9.99. The molecule has 0 saturated heterocycles. The van der Waals surface area contributed by atoms with Gasteiger partial charge in [-0.05, 0) is 48.4 Å². The number of benzene rings is 1. The minimum absolute atomic E-state index is 0.0744. The van der Waals surface area contributed by atoms with Crippen LogP contribution in [0.5, 0.6) is 0 Å². The Balaban J connectivity index is 1.80. The molecule has 112 valence electrons. The number of nitrogens with one attached hydrogen (secondary N) is 1. The van der Waals surface area contributed by atoms with Crippen molar-refractivity contribution >= 4 is 17.7 Å². The first-order valence-corrected chi connectivity index (χ1v) is 7.33. The Morgan fingerprint density at radius 3 is 2.71 bits per heavy atom. The fourth-order valence-electron chi connectivity index (χ4n) is 2.88. The molecule has 1 unspecified atom stereocenters. The zero-order valence-electron chi connectivity index (χ0n) is 12.3. The minimum Gasteiger partial charge on any atom is -0.478 e. The largest absolute Gasteiger partial charge is 0.478 e. The molecule has 1 aromatic carbocycles. The van der Waals surface area contributed by atoms with Gasteiger partial charge < -0.3 is 10.4 Å². The summed E-state index contributed by atoms with van der Waals surface area (Å²) in [6.07, 6.45) is 2.68. The summed E-state index contributed by atoms with van der Waals surface area (Å²) in [5.41, 5.74) is 2.24. The molecule has 1 fully saturated rings. The number of carbonyl (C=O) groups excluding carboxylic acids is 1. The van der Waals surface area contributed by atoms with Crippen molar-refractivity contribution < 1.29 is 14.7 Å². The van der Waals surface area contributed by atoms with Crippen molar-refractivity contribution in [2.24, 2.45) is 5.41 Å². The zero-order chi connectivity index (χ0) is 15.2. The monoisotopic (exact) mass is 288 g/mol. The second-order valence-electron chi connectivity index (χ2n) is 6.60. The summed E-state index contributed by atoms with van der Waals surface area (Å²) in [5, 5.41) is 12.1. The first-order valence-electron chi connectivity index (χ1n) is 7.33. The number of aryl methyl sites for hydroxylation is 1. The number of hydrogen-bond acceptors (Lipinski definition) is 2. The number of fused-ring (bicyclic) bond motifs is 1. The molecule has 1 aromatic rings. The van der Waals surface area contributed by atoms with Crippen LogP contribution in [-0.4, -0.2) is 29.7 Å². The molecule has 1 atom stereocenters. The van der Waals surface area contributed by atoms with Crippen LogP contribution in [0.4, 0.5) is 10.5 Å². The fourth-order valence-corrected chi connectivity index (χ4v) is 2.88. The second-order valence-corrected chi connectivity index (χ2v) is 6.60. The van der Waals surface area contributed by atoms with Crippen LogP contribution in [0.1, 0.15) is 42.6 Å². The Labute approximate surface area is 123 Å². The van der Waals surface area contributed by atoms with E-state index in [2.05, 4.69) is 19.2 Å². The van der Waals surface area contributed by atoms with Gasteiger partial charge in [0.25, 0.3) is 0 Å². The number of rotatable bonds is 2. The van der Waals surface area contributed by atoms with Crippen LogP contribution >= 0.6 is 0 Å². The van der Waals surface area contributed by atoms with E-state index >= 15 is 0 Å². The maximum atomic E-state index is 12.4. The minimum atomic E-state index is -0.931. The van der Waals surface area contributed by atoms with Crippen LogP contribution in [0.3, 0.4) is 0 Å². The molecule has 1 heterocycles. The standard InChI is InChI=1S/C16H20N2O3/c1-16(2)9-13(16)17-15(21)18-7-3-4-10-8-11(14(19)20)5-6-12(10)18/h5-6,8,13H,3-4,7,9H2,1-2H3,(H,17,21)(H,19,20). The highest BCUT2D eigenvalue weighted by Crippen LogP contribution is 2.44. The van der Waals surface area contributed by atoms with Crippen molar-refractivity contribution in [1.29, 1.82) is 0 Å². The number of carboxylic acids is 1. The third-order valence-corrected chi connectivity index (χ3v) is 4.50. The van der Waals surface area contributed by atoms with E-state index in [1.807, 2.05) is 0 Å². The number of carbonyl (C=O) groups is 2. The Hall–Kier alpha value is -2.04. The molecule has 0 bridgehead atoms. The van der Waals surface area contributed by atoms with Gasteiger partial charge in [-0.1, -0.05) is 13.8 Å². The molecule has 5 heteroatoms. The average Bonchev–Trinajstić information content (AvgIpc) is 3.04. The van der Waals surface area contributed by atoms with Gasteiger partial charge >= 0.3 is 12.0 Å². The van der Waals surface area contributed by atoms with Crippen molar-refractivity contribution in [2.75, 3.05) is 11.4 Å². The predicted octanol–water partition coefficient (Wildman–Crippen LogP) is 2.65. The number of aromatic carboxylic acids is 1. The van der Waals surface area contributed by atoms with Gasteiger partial charge in [0.1, 0.15) is 0 Å². The van der Waals surface area contributed by atoms with E-state index in [4.69, 9.17) is 5.11 Å².